The van der Waals surface area contributed by atoms with Gasteiger partial charge in [0.2, 0.25) is 0 Å². The van der Waals surface area contributed by atoms with Gasteiger partial charge < -0.3 is 15.1 Å². The van der Waals surface area contributed by atoms with Gasteiger partial charge in [-0.05, 0) is 19.2 Å². The normalized spacial score (nSPS) is 9.86. The molecule has 1 heterocycles. The number of thioether (sulfide) groups is 1. The van der Waals surface area contributed by atoms with Crippen LogP contribution in [0.25, 0.3) is 0 Å². The van der Waals surface area contributed by atoms with E-state index in [1.807, 2.05) is 0 Å². The van der Waals surface area contributed by atoms with Crippen LogP contribution in [0.15, 0.2) is 23.4 Å². The van der Waals surface area contributed by atoms with Gasteiger partial charge in [-0.15, -0.1) is 11.8 Å². The van der Waals surface area contributed by atoms with Crippen molar-refractivity contribution in [2.75, 3.05) is 17.9 Å². The summed E-state index contributed by atoms with van der Waals surface area (Å²) in [6.07, 6.45) is 2.93. The Bertz CT molecular complexity index is 287. The van der Waals surface area contributed by atoms with Crippen LogP contribution in [0.4, 0.5) is 5.69 Å². The summed E-state index contributed by atoms with van der Waals surface area (Å²) in [5.41, 5.74) is 0.532. The van der Waals surface area contributed by atoms with Crippen LogP contribution in [0.3, 0.4) is 0 Å². The predicted octanol–water partition coefficient (Wildman–Crippen LogP) is 1.70. The summed E-state index contributed by atoms with van der Waals surface area (Å²) < 4.78 is 0. The van der Waals surface area contributed by atoms with Crippen molar-refractivity contribution in [1.29, 1.82) is 0 Å². The van der Waals surface area contributed by atoms with E-state index in [1.165, 1.54) is 25.0 Å². The molecule has 5 heteroatoms. The Kier molecular flexibility index (Phi) is 4.42. The molecular weight excluding hydrogens is 200 g/mol. The Balaban J connectivity index is 2.51. The van der Waals surface area contributed by atoms with E-state index in [2.05, 4.69) is 4.98 Å². The van der Waals surface area contributed by atoms with E-state index in [1.54, 1.807) is 12.1 Å². The quantitative estimate of drug-likeness (QED) is 0.321. The third-order valence-electron chi connectivity index (χ3n) is 1.57. The number of nitrogens with zero attached hydrogens (tertiary/aromatic N) is 2. The third-order valence-corrected chi connectivity index (χ3v) is 2.55. The fraction of sp³-hybridized carbons (Fsp3) is 0.333. The number of hydroxylamine groups is 1. The summed E-state index contributed by atoms with van der Waals surface area (Å²) in [6, 6.07) is 3.49. The highest BCUT2D eigenvalue weighted by Crippen LogP contribution is 2.18. The molecule has 1 rings (SSSR count). The van der Waals surface area contributed by atoms with Gasteiger partial charge >= 0.3 is 0 Å². The summed E-state index contributed by atoms with van der Waals surface area (Å²) in [4.78, 5) is 14.1. The van der Waals surface area contributed by atoms with Crippen LogP contribution in [-0.4, -0.2) is 24.1 Å². The first-order valence-electron chi connectivity index (χ1n) is 4.17. The Morgan fingerprint density at radius 3 is 2.93 bits per heavy atom. The van der Waals surface area contributed by atoms with Crippen molar-refractivity contribution < 1.29 is 4.79 Å². The molecule has 1 aromatic heterocycles. The summed E-state index contributed by atoms with van der Waals surface area (Å²) in [5.74, 6) is 0.725. The van der Waals surface area contributed by atoms with Gasteiger partial charge in [0, 0.05) is 17.9 Å². The molecule has 0 fully saturated rings. The maximum atomic E-state index is 10.8. The maximum Gasteiger partial charge on any atom is 0.120 e. The topological polar surface area (TPSA) is 56.3 Å². The summed E-state index contributed by atoms with van der Waals surface area (Å²) >= 11 is 1.50. The van der Waals surface area contributed by atoms with Gasteiger partial charge in [0.25, 0.3) is 0 Å². The number of carbonyl (C=O) groups is 1. The lowest BCUT2D eigenvalue weighted by atomic mass is 10.4. The molecule has 0 bridgehead atoms. The Morgan fingerprint density at radius 2 is 2.43 bits per heavy atom. The monoisotopic (exact) mass is 211 g/mol. The molecule has 0 saturated heterocycles. The summed E-state index contributed by atoms with van der Waals surface area (Å²) in [7, 11) is 1.43. The molecular formula is C9H11N2O2S-. The van der Waals surface area contributed by atoms with Crippen molar-refractivity contribution in [1.82, 2.24) is 4.98 Å². The van der Waals surface area contributed by atoms with Gasteiger partial charge in [0.15, 0.2) is 0 Å². The third kappa shape index (κ3) is 3.35. The molecule has 0 aliphatic heterocycles. The molecule has 76 valence electrons. The van der Waals surface area contributed by atoms with Crippen molar-refractivity contribution in [3.8, 4) is 0 Å². The van der Waals surface area contributed by atoms with E-state index in [0.717, 1.165) is 22.1 Å². The minimum absolute atomic E-state index is 0.523. The maximum absolute atomic E-state index is 10.8. The van der Waals surface area contributed by atoms with E-state index in [-0.39, 0.29) is 0 Å². The number of aromatic nitrogens is 1. The lowest BCUT2D eigenvalue weighted by molar-refractivity contribution is -0.107. The summed E-state index contributed by atoms with van der Waals surface area (Å²) in [5, 5.41) is 12.4. The molecule has 0 N–H and O–H groups in total. The van der Waals surface area contributed by atoms with Gasteiger partial charge in [0.05, 0.1) is 11.2 Å². The van der Waals surface area contributed by atoms with Gasteiger partial charge in [-0.25, -0.2) is 4.98 Å². The number of aldehydes is 1. The van der Waals surface area contributed by atoms with Gasteiger partial charge in [-0.2, -0.15) is 0 Å². The highest BCUT2D eigenvalue weighted by atomic mass is 32.2. The average Bonchev–Trinajstić information content (AvgIpc) is 2.19. The molecule has 0 saturated carbocycles. The molecule has 1 aromatic rings. The van der Waals surface area contributed by atoms with Gasteiger partial charge in [-0.1, -0.05) is 0 Å². The van der Waals surface area contributed by atoms with Crippen LogP contribution < -0.4 is 5.06 Å². The van der Waals surface area contributed by atoms with Crippen LogP contribution in [-0.2, 0) is 4.79 Å². The average molecular weight is 211 g/mol. The zero-order valence-electron chi connectivity index (χ0n) is 7.84. The Morgan fingerprint density at radius 1 is 1.64 bits per heavy atom. The van der Waals surface area contributed by atoms with Crippen LogP contribution in [0.1, 0.15) is 6.42 Å². The smallest absolute Gasteiger partial charge is 0.120 e. The molecule has 0 spiro atoms. The standard InChI is InChI=1S/C9H11N2O2S/c1-11(13)8-3-4-9(10-7-8)14-6-2-5-12/h3-5,7H,2,6H2,1H3/q-1. The number of rotatable bonds is 5. The highest BCUT2D eigenvalue weighted by molar-refractivity contribution is 7.99. The fourth-order valence-electron chi connectivity index (χ4n) is 0.856. The van der Waals surface area contributed by atoms with Gasteiger partial charge in [0.1, 0.15) is 6.29 Å². The van der Waals surface area contributed by atoms with Crippen LogP contribution in [0.5, 0.6) is 0 Å². The number of hydrogen-bond acceptors (Lipinski definition) is 5. The fourth-order valence-corrected chi connectivity index (χ4v) is 1.57. The van der Waals surface area contributed by atoms with Crippen LogP contribution in [0.2, 0.25) is 0 Å². The molecule has 14 heavy (non-hydrogen) atoms. The second-order valence-electron chi connectivity index (χ2n) is 2.66. The van der Waals surface area contributed by atoms with Crippen molar-refractivity contribution >= 4 is 23.7 Å². The first kappa shape index (κ1) is 11.0. The van der Waals surface area contributed by atoms with E-state index >= 15 is 0 Å². The molecule has 4 nitrogen and oxygen atoms in total. The lowest BCUT2D eigenvalue weighted by Crippen LogP contribution is -2.05. The minimum atomic E-state index is 0.523. The Labute approximate surface area is 86.9 Å². The SMILES string of the molecule is CN([O-])c1ccc(SCCC=O)nc1. The molecule has 0 aromatic carbocycles. The Hall–Kier alpha value is -1.07. The first-order valence-corrected chi connectivity index (χ1v) is 5.16. The molecule has 0 aliphatic rings. The van der Waals surface area contributed by atoms with E-state index in [0.29, 0.717) is 12.1 Å². The number of anilines is 1. The predicted molar refractivity (Wildman–Crippen MR) is 57.4 cm³/mol. The zero-order chi connectivity index (χ0) is 10.4. The minimum Gasteiger partial charge on any atom is -0.758 e. The first-order chi connectivity index (χ1) is 6.74. The molecule has 0 amide bonds. The lowest BCUT2D eigenvalue weighted by Gasteiger charge is -2.23. The number of hydrogen-bond donors (Lipinski definition) is 0. The van der Waals surface area contributed by atoms with Crippen molar-refractivity contribution in [2.45, 2.75) is 11.4 Å². The molecule has 0 aliphatic carbocycles. The van der Waals surface area contributed by atoms with Crippen LogP contribution in [0, 0.1) is 5.21 Å². The van der Waals surface area contributed by atoms with Gasteiger partial charge in [-0.3, -0.25) is 0 Å². The molecule has 0 radical (unpaired) electrons. The van der Waals surface area contributed by atoms with E-state index in [9.17, 15) is 10.0 Å². The van der Waals surface area contributed by atoms with Crippen LogP contribution >= 0.6 is 11.8 Å². The molecule has 0 unspecified atom stereocenters. The molecule has 0 atom stereocenters. The highest BCUT2D eigenvalue weighted by Gasteiger charge is 1.96. The van der Waals surface area contributed by atoms with E-state index < -0.39 is 0 Å². The van der Waals surface area contributed by atoms with E-state index in [4.69, 9.17) is 0 Å². The second-order valence-corrected chi connectivity index (χ2v) is 3.77. The largest absolute Gasteiger partial charge is 0.758 e. The number of pyridine rings is 1. The zero-order valence-corrected chi connectivity index (χ0v) is 8.66. The van der Waals surface area contributed by atoms with Crippen molar-refractivity contribution in [3.05, 3.63) is 23.5 Å². The number of carbonyl (C=O) groups excluding carboxylic acids is 1. The van der Waals surface area contributed by atoms with Crippen molar-refractivity contribution in [3.63, 3.8) is 0 Å². The van der Waals surface area contributed by atoms with Crippen molar-refractivity contribution in [2.24, 2.45) is 0 Å². The second kappa shape index (κ2) is 5.62. The summed E-state index contributed by atoms with van der Waals surface area (Å²) in [6.45, 7) is 0.